The molecule has 23 heavy (non-hydrogen) atoms. The molecule has 1 saturated heterocycles. The molecule has 6 nitrogen and oxygen atoms in total. The molecule has 1 aromatic carbocycles. The van der Waals surface area contributed by atoms with Crippen molar-refractivity contribution < 1.29 is 19.1 Å². The van der Waals surface area contributed by atoms with Crippen LogP contribution in [0.4, 0.5) is 0 Å². The lowest BCUT2D eigenvalue weighted by atomic mass is 10.2. The number of carbonyl (C=O) groups is 2. The molecule has 0 atom stereocenters. The van der Waals surface area contributed by atoms with Crippen molar-refractivity contribution in [2.75, 3.05) is 45.8 Å². The highest BCUT2D eigenvalue weighted by atomic mass is 35.5. The Balaban J connectivity index is 1.74. The predicted molar refractivity (Wildman–Crippen MR) is 87.0 cm³/mol. The number of rotatable bonds is 6. The van der Waals surface area contributed by atoms with Crippen molar-refractivity contribution in [1.29, 1.82) is 0 Å². The molecule has 1 aliphatic heterocycles. The van der Waals surface area contributed by atoms with Gasteiger partial charge in [-0.3, -0.25) is 9.59 Å². The number of hydrogen-bond donors (Lipinski definition) is 0. The molecule has 1 fully saturated rings. The van der Waals surface area contributed by atoms with Crippen LogP contribution in [0.15, 0.2) is 24.3 Å². The van der Waals surface area contributed by atoms with E-state index < -0.39 is 0 Å². The SMILES string of the molecule is COc1ccccc1OCCC(=O)N1CCN(C(=O)CCl)CC1. The molecule has 0 unspecified atom stereocenters. The molecule has 7 heteroatoms. The Hall–Kier alpha value is -1.95. The van der Waals surface area contributed by atoms with Crippen LogP contribution in [-0.4, -0.2) is 67.4 Å². The third kappa shape index (κ3) is 4.76. The van der Waals surface area contributed by atoms with E-state index in [0.717, 1.165) is 0 Å². The monoisotopic (exact) mass is 340 g/mol. The van der Waals surface area contributed by atoms with Gasteiger partial charge >= 0.3 is 0 Å². The van der Waals surface area contributed by atoms with Gasteiger partial charge in [0.1, 0.15) is 5.88 Å². The van der Waals surface area contributed by atoms with Crippen LogP contribution in [0, 0.1) is 0 Å². The van der Waals surface area contributed by atoms with Crippen molar-refractivity contribution in [3.05, 3.63) is 24.3 Å². The highest BCUT2D eigenvalue weighted by molar-refractivity contribution is 6.27. The first-order chi connectivity index (χ1) is 11.2. The molecule has 1 heterocycles. The largest absolute Gasteiger partial charge is 0.493 e. The van der Waals surface area contributed by atoms with Crippen molar-refractivity contribution in [3.63, 3.8) is 0 Å². The second kappa shape index (κ2) is 8.62. The van der Waals surface area contributed by atoms with Crippen LogP contribution in [-0.2, 0) is 9.59 Å². The molecule has 2 amide bonds. The Morgan fingerprint density at radius 3 is 2.17 bits per heavy atom. The van der Waals surface area contributed by atoms with Crippen LogP contribution in [0.3, 0.4) is 0 Å². The molecule has 0 saturated carbocycles. The van der Waals surface area contributed by atoms with Crippen LogP contribution < -0.4 is 9.47 Å². The summed E-state index contributed by atoms with van der Waals surface area (Å²) in [6.45, 7) is 2.43. The molecule has 126 valence electrons. The number of ether oxygens (including phenoxy) is 2. The lowest BCUT2D eigenvalue weighted by Crippen LogP contribution is -2.51. The third-order valence-electron chi connectivity index (χ3n) is 3.74. The summed E-state index contributed by atoms with van der Waals surface area (Å²) in [6.07, 6.45) is 0.293. The summed E-state index contributed by atoms with van der Waals surface area (Å²) in [5.41, 5.74) is 0. The van der Waals surface area contributed by atoms with Gasteiger partial charge in [-0.25, -0.2) is 0 Å². The molecule has 1 aromatic rings. The van der Waals surface area contributed by atoms with Gasteiger partial charge < -0.3 is 19.3 Å². The van der Waals surface area contributed by atoms with E-state index in [1.54, 1.807) is 23.0 Å². The molecular formula is C16H21ClN2O4. The Morgan fingerprint density at radius 2 is 1.61 bits per heavy atom. The number of benzene rings is 1. The Morgan fingerprint density at radius 1 is 1.04 bits per heavy atom. The van der Waals surface area contributed by atoms with Crippen LogP contribution >= 0.6 is 11.6 Å². The van der Waals surface area contributed by atoms with Crippen molar-refractivity contribution >= 4 is 23.4 Å². The number of hydrogen-bond acceptors (Lipinski definition) is 4. The highest BCUT2D eigenvalue weighted by Crippen LogP contribution is 2.25. The van der Waals surface area contributed by atoms with Crippen LogP contribution in [0.2, 0.25) is 0 Å². The average Bonchev–Trinajstić information content (AvgIpc) is 2.61. The molecule has 0 radical (unpaired) electrons. The number of piperazine rings is 1. The van der Waals surface area contributed by atoms with Gasteiger partial charge in [0.05, 0.1) is 20.1 Å². The second-order valence-electron chi connectivity index (χ2n) is 5.14. The topological polar surface area (TPSA) is 59.1 Å². The number of alkyl halides is 1. The Kier molecular flexibility index (Phi) is 6.52. The summed E-state index contributed by atoms with van der Waals surface area (Å²) in [7, 11) is 1.58. The Bertz CT molecular complexity index is 545. The van der Waals surface area contributed by atoms with Crippen molar-refractivity contribution in [2.45, 2.75) is 6.42 Å². The van der Waals surface area contributed by atoms with E-state index in [1.807, 2.05) is 18.2 Å². The maximum Gasteiger partial charge on any atom is 0.237 e. The zero-order valence-electron chi connectivity index (χ0n) is 13.2. The van der Waals surface area contributed by atoms with Gasteiger partial charge in [-0.1, -0.05) is 12.1 Å². The average molecular weight is 341 g/mol. The number of amides is 2. The van der Waals surface area contributed by atoms with Gasteiger partial charge in [0, 0.05) is 26.2 Å². The highest BCUT2D eigenvalue weighted by Gasteiger charge is 2.23. The second-order valence-corrected chi connectivity index (χ2v) is 5.41. The normalized spacial score (nSPS) is 14.5. The maximum atomic E-state index is 12.2. The van der Waals surface area contributed by atoms with E-state index in [1.165, 1.54) is 0 Å². The van der Waals surface area contributed by atoms with E-state index in [2.05, 4.69) is 0 Å². The minimum atomic E-state index is -0.0849. The first kappa shape index (κ1) is 17.4. The quantitative estimate of drug-likeness (QED) is 0.734. The minimum absolute atomic E-state index is 0.0132. The van der Waals surface area contributed by atoms with E-state index in [-0.39, 0.29) is 17.7 Å². The molecule has 0 spiro atoms. The summed E-state index contributed by atoms with van der Waals surface area (Å²) in [6, 6.07) is 7.33. The van der Waals surface area contributed by atoms with Crippen LogP contribution in [0.25, 0.3) is 0 Å². The molecule has 0 N–H and O–H groups in total. The zero-order chi connectivity index (χ0) is 16.7. The Labute approximate surface area is 140 Å². The molecule has 2 rings (SSSR count). The van der Waals surface area contributed by atoms with Crippen molar-refractivity contribution in [3.8, 4) is 11.5 Å². The molecule has 1 aliphatic rings. The molecule has 0 bridgehead atoms. The number of para-hydroxylation sites is 2. The fourth-order valence-electron chi connectivity index (χ4n) is 2.43. The lowest BCUT2D eigenvalue weighted by Gasteiger charge is -2.34. The van der Waals surface area contributed by atoms with E-state index >= 15 is 0 Å². The number of methoxy groups -OCH3 is 1. The molecule has 0 aliphatic carbocycles. The summed E-state index contributed by atoms with van der Waals surface area (Å²) in [4.78, 5) is 27.1. The number of carbonyl (C=O) groups excluding carboxylic acids is 2. The van der Waals surface area contributed by atoms with Gasteiger partial charge in [0.25, 0.3) is 0 Å². The fraction of sp³-hybridized carbons (Fsp3) is 0.500. The molecular weight excluding hydrogens is 320 g/mol. The van der Waals surface area contributed by atoms with Gasteiger partial charge in [-0.05, 0) is 12.1 Å². The van der Waals surface area contributed by atoms with Gasteiger partial charge in [-0.15, -0.1) is 11.6 Å². The van der Waals surface area contributed by atoms with E-state index in [9.17, 15) is 9.59 Å². The van der Waals surface area contributed by atoms with Gasteiger partial charge in [0.2, 0.25) is 11.8 Å². The van der Waals surface area contributed by atoms with Crippen LogP contribution in [0.1, 0.15) is 6.42 Å². The van der Waals surface area contributed by atoms with Crippen LogP contribution in [0.5, 0.6) is 11.5 Å². The third-order valence-corrected chi connectivity index (χ3v) is 3.97. The molecule has 0 aromatic heterocycles. The standard InChI is InChI=1S/C16H21ClN2O4/c1-22-13-4-2-3-5-14(13)23-11-6-15(20)18-7-9-19(10-8-18)16(21)12-17/h2-5H,6-12H2,1H3. The van der Waals surface area contributed by atoms with E-state index in [0.29, 0.717) is 50.7 Å². The minimum Gasteiger partial charge on any atom is -0.493 e. The van der Waals surface area contributed by atoms with Gasteiger partial charge in [-0.2, -0.15) is 0 Å². The fourth-order valence-corrected chi connectivity index (χ4v) is 2.60. The zero-order valence-corrected chi connectivity index (χ0v) is 13.9. The van der Waals surface area contributed by atoms with Gasteiger partial charge in [0.15, 0.2) is 11.5 Å². The first-order valence-electron chi connectivity index (χ1n) is 7.53. The summed E-state index contributed by atoms with van der Waals surface area (Å²) in [5, 5.41) is 0. The number of halogens is 1. The lowest BCUT2D eigenvalue weighted by molar-refractivity contribution is -0.138. The van der Waals surface area contributed by atoms with E-state index in [4.69, 9.17) is 21.1 Å². The maximum absolute atomic E-state index is 12.2. The summed E-state index contributed by atoms with van der Waals surface area (Å²) >= 11 is 5.54. The first-order valence-corrected chi connectivity index (χ1v) is 8.06. The van der Waals surface area contributed by atoms with Crippen molar-refractivity contribution in [2.24, 2.45) is 0 Å². The predicted octanol–water partition coefficient (Wildman–Crippen LogP) is 1.37. The van der Waals surface area contributed by atoms with Crippen molar-refractivity contribution in [1.82, 2.24) is 9.80 Å². The number of nitrogens with zero attached hydrogens (tertiary/aromatic N) is 2. The summed E-state index contributed by atoms with van der Waals surface area (Å²) < 4.78 is 10.8. The summed E-state index contributed by atoms with van der Waals surface area (Å²) in [5.74, 6) is 1.20. The smallest absolute Gasteiger partial charge is 0.237 e.